The van der Waals surface area contributed by atoms with Crippen LogP contribution in [-0.2, 0) is 6.61 Å². The lowest BCUT2D eigenvalue weighted by Crippen LogP contribution is -2.18. The Labute approximate surface area is 137 Å². The Bertz CT molecular complexity index is 895. The summed E-state index contributed by atoms with van der Waals surface area (Å²) in [5.41, 5.74) is 2.15. The van der Waals surface area contributed by atoms with Gasteiger partial charge in [-0.2, -0.15) is 0 Å². The molecule has 1 aromatic carbocycles. The summed E-state index contributed by atoms with van der Waals surface area (Å²) in [7, 11) is 0. The van der Waals surface area contributed by atoms with Crippen LogP contribution in [0.3, 0.4) is 0 Å². The number of aryl methyl sites for hydroxylation is 2. The molecule has 0 spiro atoms. The third kappa shape index (κ3) is 3.13. The number of aliphatic hydroxyl groups excluding tert-OH is 1. The van der Waals surface area contributed by atoms with Crippen molar-refractivity contribution in [2.75, 3.05) is 0 Å². The molecule has 0 radical (unpaired) electrons. The Hall–Kier alpha value is -2.18. The first kappa shape index (κ1) is 15.7. The highest BCUT2D eigenvalue weighted by Gasteiger charge is 2.16. The van der Waals surface area contributed by atoms with Crippen molar-refractivity contribution in [2.24, 2.45) is 0 Å². The second-order valence-corrected chi connectivity index (χ2v) is 6.71. The lowest BCUT2D eigenvalue weighted by Gasteiger charge is -2.07. The van der Waals surface area contributed by atoms with E-state index >= 15 is 0 Å². The SMILES string of the molecule is Cc1ccc(OCc2cc(=O)n3c(C(C)O)c(C)sc3n2)cc1. The molecule has 2 heterocycles. The first-order valence-corrected chi connectivity index (χ1v) is 8.17. The van der Waals surface area contributed by atoms with Gasteiger partial charge in [0.25, 0.3) is 5.56 Å². The molecule has 0 amide bonds. The molecule has 3 aromatic rings. The monoisotopic (exact) mass is 330 g/mol. The molecule has 5 nitrogen and oxygen atoms in total. The van der Waals surface area contributed by atoms with Crippen molar-refractivity contribution in [3.63, 3.8) is 0 Å². The summed E-state index contributed by atoms with van der Waals surface area (Å²) in [5.74, 6) is 0.740. The van der Waals surface area contributed by atoms with E-state index in [4.69, 9.17) is 4.74 Å². The minimum Gasteiger partial charge on any atom is -0.487 e. The molecule has 0 bridgehead atoms. The van der Waals surface area contributed by atoms with Gasteiger partial charge in [-0.05, 0) is 32.9 Å². The fourth-order valence-electron chi connectivity index (χ4n) is 2.49. The average Bonchev–Trinajstić information content (AvgIpc) is 2.83. The van der Waals surface area contributed by atoms with Crippen LogP contribution in [0.5, 0.6) is 5.75 Å². The van der Waals surface area contributed by atoms with Gasteiger partial charge in [-0.1, -0.05) is 17.7 Å². The van der Waals surface area contributed by atoms with Crippen LogP contribution in [-0.4, -0.2) is 14.5 Å². The molecular weight excluding hydrogens is 312 g/mol. The van der Waals surface area contributed by atoms with Gasteiger partial charge in [0.2, 0.25) is 0 Å². The predicted molar refractivity (Wildman–Crippen MR) is 90.2 cm³/mol. The third-order valence-electron chi connectivity index (χ3n) is 3.59. The van der Waals surface area contributed by atoms with Gasteiger partial charge in [0.05, 0.1) is 17.5 Å². The van der Waals surface area contributed by atoms with Crippen LogP contribution in [0.2, 0.25) is 0 Å². The van der Waals surface area contributed by atoms with Gasteiger partial charge in [0.15, 0.2) is 4.96 Å². The molecule has 23 heavy (non-hydrogen) atoms. The normalized spacial score (nSPS) is 12.5. The molecule has 1 N–H and O–H groups in total. The maximum Gasteiger partial charge on any atom is 0.259 e. The smallest absolute Gasteiger partial charge is 0.259 e. The minimum absolute atomic E-state index is 0.197. The molecule has 0 fully saturated rings. The zero-order valence-corrected chi connectivity index (χ0v) is 14.1. The van der Waals surface area contributed by atoms with Crippen molar-refractivity contribution in [3.05, 3.63) is 62.5 Å². The summed E-state index contributed by atoms with van der Waals surface area (Å²) >= 11 is 1.40. The van der Waals surface area contributed by atoms with Gasteiger partial charge in [0, 0.05) is 10.9 Å². The van der Waals surface area contributed by atoms with Crippen LogP contribution in [0.15, 0.2) is 35.1 Å². The number of hydrogen-bond acceptors (Lipinski definition) is 5. The molecule has 1 atom stereocenters. The Morgan fingerprint density at radius 3 is 2.65 bits per heavy atom. The zero-order chi connectivity index (χ0) is 16.6. The van der Waals surface area contributed by atoms with E-state index in [-0.39, 0.29) is 12.2 Å². The molecule has 0 saturated heterocycles. The Morgan fingerprint density at radius 1 is 1.30 bits per heavy atom. The first-order valence-electron chi connectivity index (χ1n) is 7.35. The lowest BCUT2D eigenvalue weighted by molar-refractivity contribution is 0.192. The minimum atomic E-state index is -0.710. The number of benzene rings is 1. The maximum absolute atomic E-state index is 12.4. The molecule has 6 heteroatoms. The molecule has 1 unspecified atom stereocenters. The van der Waals surface area contributed by atoms with Gasteiger partial charge in [-0.3, -0.25) is 9.20 Å². The molecule has 0 aliphatic heterocycles. The van der Waals surface area contributed by atoms with Crippen LogP contribution in [0.25, 0.3) is 4.96 Å². The van der Waals surface area contributed by atoms with Gasteiger partial charge < -0.3 is 9.84 Å². The Balaban J connectivity index is 1.91. The zero-order valence-electron chi connectivity index (χ0n) is 13.2. The second kappa shape index (κ2) is 6.14. The first-order chi connectivity index (χ1) is 11.0. The summed E-state index contributed by atoms with van der Waals surface area (Å²) in [6, 6.07) is 9.18. The molecule has 3 rings (SSSR count). The number of fused-ring (bicyclic) bond motifs is 1. The molecule has 2 aromatic heterocycles. The van der Waals surface area contributed by atoms with Gasteiger partial charge in [-0.25, -0.2) is 4.98 Å². The van der Waals surface area contributed by atoms with E-state index in [9.17, 15) is 9.90 Å². The fourth-order valence-corrected chi connectivity index (χ4v) is 3.57. The molecule has 120 valence electrons. The Morgan fingerprint density at radius 2 is 2.00 bits per heavy atom. The third-order valence-corrected chi connectivity index (χ3v) is 4.56. The Kier molecular flexibility index (Phi) is 4.19. The summed E-state index contributed by atoms with van der Waals surface area (Å²) < 4.78 is 7.15. The summed E-state index contributed by atoms with van der Waals surface area (Å²) in [6.45, 7) is 5.77. The number of ether oxygens (including phenoxy) is 1. The highest BCUT2D eigenvalue weighted by atomic mass is 32.1. The van der Waals surface area contributed by atoms with Crippen LogP contribution < -0.4 is 10.3 Å². The van der Waals surface area contributed by atoms with Crippen LogP contribution in [0.1, 0.15) is 34.9 Å². The lowest BCUT2D eigenvalue weighted by atomic mass is 10.2. The van der Waals surface area contributed by atoms with E-state index < -0.39 is 6.10 Å². The van der Waals surface area contributed by atoms with E-state index in [1.807, 2.05) is 38.1 Å². The van der Waals surface area contributed by atoms with Crippen LogP contribution >= 0.6 is 11.3 Å². The summed E-state index contributed by atoms with van der Waals surface area (Å²) in [5, 5.41) is 9.85. The number of nitrogens with zero attached hydrogens (tertiary/aromatic N) is 2. The number of aromatic nitrogens is 2. The molecule has 0 saturated carbocycles. The second-order valence-electron chi connectivity index (χ2n) is 5.52. The van der Waals surface area contributed by atoms with Gasteiger partial charge >= 0.3 is 0 Å². The van der Waals surface area contributed by atoms with Crippen molar-refractivity contribution in [1.82, 2.24) is 9.38 Å². The van der Waals surface area contributed by atoms with E-state index in [1.54, 1.807) is 6.92 Å². The fraction of sp³-hybridized carbons (Fsp3) is 0.294. The van der Waals surface area contributed by atoms with Crippen molar-refractivity contribution < 1.29 is 9.84 Å². The van der Waals surface area contributed by atoms with E-state index in [1.165, 1.54) is 21.8 Å². The number of hydrogen-bond donors (Lipinski definition) is 1. The number of aliphatic hydroxyl groups is 1. The summed E-state index contributed by atoms with van der Waals surface area (Å²) in [6.07, 6.45) is -0.710. The molecule has 0 aliphatic carbocycles. The van der Waals surface area contributed by atoms with Crippen molar-refractivity contribution in [1.29, 1.82) is 0 Å². The van der Waals surface area contributed by atoms with Gasteiger partial charge in [-0.15, -0.1) is 11.3 Å². The van der Waals surface area contributed by atoms with Crippen molar-refractivity contribution >= 4 is 16.3 Å². The van der Waals surface area contributed by atoms with E-state index in [0.717, 1.165) is 16.2 Å². The van der Waals surface area contributed by atoms with Gasteiger partial charge in [0.1, 0.15) is 12.4 Å². The molecular formula is C17H18N2O3S. The van der Waals surface area contributed by atoms with E-state index in [2.05, 4.69) is 4.98 Å². The quantitative estimate of drug-likeness (QED) is 0.799. The molecule has 0 aliphatic rings. The highest BCUT2D eigenvalue weighted by molar-refractivity contribution is 7.17. The average molecular weight is 330 g/mol. The largest absolute Gasteiger partial charge is 0.487 e. The summed E-state index contributed by atoms with van der Waals surface area (Å²) in [4.78, 5) is 18.3. The van der Waals surface area contributed by atoms with Crippen molar-refractivity contribution in [3.8, 4) is 5.75 Å². The van der Waals surface area contributed by atoms with Crippen LogP contribution in [0.4, 0.5) is 0 Å². The number of rotatable bonds is 4. The standard InChI is InChI=1S/C17H18N2O3S/c1-10-4-6-14(7-5-10)22-9-13-8-15(21)19-16(11(2)20)12(3)23-17(19)18-13/h4-8,11,20H,9H2,1-3H3. The topological polar surface area (TPSA) is 63.8 Å². The number of thiazole rings is 1. The van der Waals surface area contributed by atoms with Crippen LogP contribution in [0, 0.1) is 13.8 Å². The maximum atomic E-state index is 12.4. The highest BCUT2D eigenvalue weighted by Crippen LogP contribution is 2.25. The van der Waals surface area contributed by atoms with Crippen molar-refractivity contribution in [2.45, 2.75) is 33.5 Å². The van der Waals surface area contributed by atoms with E-state index in [0.29, 0.717) is 16.3 Å². The predicted octanol–water partition coefficient (Wildman–Crippen LogP) is 3.01.